The van der Waals surface area contributed by atoms with E-state index in [9.17, 15) is 19.1 Å². The van der Waals surface area contributed by atoms with Gasteiger partial charge in [0.25, 0.3) is 5.78 Å². The van der Waals surface area contributed by atoms with Crippen LogP contribution in [0.2, 0.25) is 0 Å². The molecule has 2 aromatic carbocycles. The zero-order chi connectivity index (χ0) is 21.4. The Hall–Kier alpha value is -3.52. The SMILES string of the molecule is COc1ccc(/C(O)=C2\C(=O)C(=O)N(c3nccs3)C2c2cccc(F)c2)cc1C. The summed E-state index contributed by atoms with van der Waals surface area (Å²) in [5, 5.41) is 13.0. The lowest BCUT2D eigenvalue weighted by Crippen LogP contribution is -2.29. The summed E-state index contributed by atoms with van der Waals surface area (Å²) in [4.78, 5) is 31.2. The number of carbonyl (C=O) groups is 2. The first-order valence-electron chi connectivity index (χ1n) is 9.03. The van der Waals surface area contributed by atoms with Gasteiger partial charge in [0.15, 0.2) is 5.13 Å². The van der Waals surface area contributed by atoms with Gasteiger partial charge < -0.3 is 9.84 Å². The van der Waals surface area contributed by atoms with Crippen LogP contribution >= 0.6 is 11.3 Å². The molecular weight excluding hydrogens is 407 g/mol. The molecule has 1 saturated heterocycles. The number of thiazole rings is 1. The summed E-state index contributed by atoms with van der Waals surface area (Å²) < 4.78 is 19.2. The quantitative estimate of drug-likeness (QED) is 0.385. The molecule has 1 fully saturated rings. The highest BCUT2D eigenvalue weighted by Gasteiger charge is 2.48. The number of carbonyl (C=O) groups excluding carboxylic acids is 2. The van der Waals surface area contributed by atoms with Crippen molar-refractivity contribution >= 4 is 33.9 Å². The maximum absolute atomic E-state index is 14.0. The van der Waals surface area contributed by atoms with Crippen molar-refractivity contribution in [1.82, 2.24) is 4.98 Å². The monoisotopic (exact) mass is 424 g/mol. The number of ketones is 1. The second-order valence-electron chi connectivity index (χ2n) is 6.72. The first-order chi connectivity index (χ1) is 14.4. The second kappa shape index (κ2) is 7.72. The van der Waals surface area contributed by atoms with E-state index in [0.29, 0.717) is 16.9 Å². The summed E-state index contributed by atoms with van der Waals surface area (Å²) in [6, 6.07) is 9.52. The summed E-state index contributed by atoms with van der Waals surface area (Å²) >= 11 is 1.17. The molecule has 30 heavy (non-hydrogen) atoms. The zero-order valence-corrected chi connectivity index (χ0v) is 16.9. The molecule has 4 rings (SSSR count). The van der Waals surface area contributed by atoms with Gasteiger partial charge in [-0.2, -0.15) is 0 Å². The number of halogens is 1. The van der Waals surface area contributed by atoms with E-state index in [1.807, 2.05) is 0 Å². The number of hydrogen-bond acceptors (Lipinski definition) is 6. The highest BCUT2D eigenvalue weighted by Crippen LogP contribution is 2.43. The van der Waals surface area contributed by atoms with Gasteiger partial charge in [-0.25, -0.2) is 9.37 Å². The van der Waals surface area contributed by atoms with Gasteiger partial charge in [-0.05, 0) is 48.4 Å². The van der Waals surface area contributed by atoms with Crippen LogP contribution in [-0.2, 0) is 9.59 Å². The fraction of sp³-hybridized carbons (Fsp3) is 0.136. The largest absolute Gasteiger partial charge is 0.507 e. The Kier molecular flexibility index (Phi) is 5.09. The third kappa shape index (κ3) is 3.25. The summed E-state index contributed by atoms with van der Waals surface area (Å²) in [6.45, 7) is 1.80. The lowest BCUT2D eigenvalue weighted by molar-refractivity contribution is -0.132. The Bertz CT molecular complexity index is 1170. The van der Waals surface area contributed by atoms with Crippen LogP contribution in [0.1, 0.15) is 22.7 Å². The third-order valence-electron chi connectivity index (χ3n) is 4.90. The van der Waals surface area contributed by atoms with Crippen molar-refractivity contribution < 1.29 is 23.8 Å². The molecule has 0 radical (unpaired) electrons. The number of ether oxygens (including phenoxy) is 1. The highest BCUT2D eigenvalue weighted by atomic mass is 32.1. The van der Waals surface area contributed by atoms with Crippen molar-refractivity contribution in [3.63, 3.8) is 0 Å². The van der Waals surface area contributed by atoms with Gasteiger partial charge in [0.1, 0.15) is 17.3 Å². The van der Waals surface area contributed by atoms with E-state index in [2.05, 4.69) is 4.98 Å². The Balaban J connectivity index is 1.94. The standard InChI is InChI=1S/C22H17FN2O4S/c1-12-10-14(6-7-16(12)29-2)19(26)17-18(13-4-3-5-15(23)11-13)25(21(28)20(17)27)22-24-8-9-30-22/h3-11,18,26H,1-2H3/b19-17+. The van der Waals surface area contributed by atoms with Gasteiger partial charge in [-0.3, -0.25) is 14.5 Å². The van der Waals surface area contributed by atoms with Crippen LogP contribution in [0.5, 0.6) is 5.75 Å². The first-order valence-corrected chi connectivity index (χ1v) is 9.91. The number of aliphatic hydroxyl groups is 1. The van der Waals surface area contributed by atoms with Gasteiger partial charge in [0.05, 0.1) is 18.7 Å². The summed E-state index contributed by atoms with van der Waals surface area (Å²) in [5.74, 6) is -1.92. The summed E-state index contributed by atoms with van der Waals surface area (Å²) in [6.07, 6.45) is 1.51. The van der Waals surface area contributed by atoms with Crippen LogP contribution in [0.15, 0.2) is 59.6 Å². The fourth-order valence-corrected chi connectivity index (χ4v) is 4.21. The van der Waals surface area contributed by atoms with E-state index < -0.39 is 23.5 Å². The number of hydrogen-bond donors (Lipinski definition) is 1. The average molecular weight is 424 g/mol. The summed E-state index contributed by atoms with van der Waals surface area (Å²) in [5.41, 5.74) is 1.34. The van der Waals surface area contributed by atoms with Crippen molar-refractivity contribution in [3.8, 4) is 5.75 Å². The molecule has 1 unspecified atom stereocenters. The number of amides is 1. The smallest absolute Gasteiger partial charge is 0.301 e. The minimum absolute atomic E-state index is 0.120. The minimum Gasteiger partial charge on any atom is -0.507 e. The average Bonchev–Trinajstić information content (AvgIpc) is 3.34. The van der Waals surface area contributed by atoms with Crippen molar-refractivity contribution in [3.05, 3.63) is 82.1 Å². The first kappa shape index (κ1) is 19.8. The molecule has 0 aliphatic carbocycles. The van der Waals surface area contributed by atoms with Crippen LogP contribution in [0.4, 0.5) is 9.52 Å². The number of Topliss-reactive ketones (excluding diaryl/α,β-unsaturated/α-hetero) is 1. The number of aliphatic hydroxyl groups excluding tert-OH is 1. The molecule has 6 nitrogen and oxygen atoms in total. The Morgan fingerprint density at radius 2 is 2.03 bits per heavy atom. The highest BCUT2D eigenvalue weighted by molar-refractivity contribution is 7.14. The van der Waals surface area contributed by atoms with Crippen LogP contribution in [0, 0.1) is 12.7 Å². The Morgan fingerprint density at radius 3 is 2.67 bits per heavy atom. The molecule has 1 amide bonds. The Labute approximate surface area is 175 Å². The molecule has 1 atom stereocenters. The van der Waals surface area contributed by atoms with Gasteiger partial charge in [0.2, 0.25) is 0 Å². The van der Waals surface area contributed by atoms with Gasteiger partial charge in [-0.1, -0.05) is 12.1 Å². The van der Waals surface area contributed by atoms with E-state index in [0.717, 1.165) is 5.56 Å². The zero-order valence-electron chi connectivity index (χ0n) is 16.1. The molecule has 1 N–H and O–H groups in total. The lowest BCUT2D eigenvalue weighted by atomic mass is 9.95. The number of benzene rings is 2. The van der Waals surface area contributed by atoms with Crippen LogP contribution in [-0.4, -0.2) is 28.9 Å². The molecule has 1 aliphatic heterocycles. The van der Waals surface area contributed by atoms with E-state index >= 15 is 0 Å². The molecule has 1 aliphatic rings. The number of aryl methyl sites for hydroxylation is 1. The van der Waals surface area contributed by atoms with Crippen LogP contribution in [0.3, 0.4) is 0 Å². The molecule has 8 heteroatoms. The molecule has 152 valence electrons. The number of anilines is 1. The molecule has 3 aromatic rings. The molecule has 0 spiro atoms. The van der Waals surface area contributed by atoms with Crippen molar-refractivity contribution in [1.29, 1.82) is 0 Å². The van der Waals surface area contributed by atoms with Gasteiger partial charge >= 0.3 is 5.91 Å². The van der Waals surface area contributed by atoms with E-state index in [1.165, 1.54) is 47.7 Å². The maximum atomic E-state index is 14.0. The number of rotatable bonds is 4. The predicted molar refractivity (Wildman–Crippen MR) is 111 cm³/mol. The predicted octanol–water partition coefficient (Wildman–Crippen LogP) is 4.23. The van der Waals surface area contributed by atoms with Crippen molar-refractivity contribution in [2.45, 2.75) is 13.0 Å². The van der Waals surface area contributed by atoms with Crippen LogP contribution < -0.4 is 9.64 Å². The maximum Gasteiger partial charge on any atom is 0.301 e. The number of methoxy groups -OCH3 is 1. The number of nitrogens with zero attached hydrogens (tertiary/aromatic N) is 2. The molecule has 1 aromatic heterocycles. The second-order valence-corrected chi connectivity index (χ2v) is 7.60. The summed E-state index contributed by atoms with van der Waals surface area (Å²) in [7, 11) is 1.53. The van der Waals surface area contributed by atoms with E-state index in [4.69, 9.17) is 4.74 Å². The normalized spacial score (nSPS) is 18.1. The molecular formula is C22H17FN2O4S. The molecule has 0 saturated carbocycles. The van der Waals surface area contributed by atoms with Crippen LogP contribution in [0.25, 0.3) is 5.76 Å². The third-order valence-corrected chi connectivity index (χ3v) is 5.67. The minimum atomic E-state index is -1.01. The fourth-order valence-electron chi connectivity index (χ4n) is 3.54. The number of aromatic nitrogens is 1. The topological polar surface area (TPSA) is 79.7 Å². The van der Waals surface area contributed by atoms with Crippen molar-refractivity contribution in [2.24, 2.45) is 0 Å². The van der Waals surface area contributed by atoms with Crippen molar-refractivity contribution in [2.75, 3.05) is 12.0 Å². The van der Waals surface area contributed by atoms with E-state index in [1.54, 1.807) is 36.6 Å². The lowest BCUT2D eigenvalue weighted by Gasteiger charge is -2.23. The van der Waals surface area contributed by atoms with E-state index in [-0.39, 0.29) is 16.5 Å². The molecule has 0 bridgehead atoms. The van der Waals surface area contributed by atoms with Gasteiger partial charge in [-0.15, -0.1) is 11.3 Å². The van der Waals surface area contributed by atoms with Gasteiger partial charge in [0, 0.05) is 17.1 Å². The Morgan fingerprint density at radius 1 is 1.23 bits per heavy atom. The molecule has 2 heterocycles.